The zero-order valence-electron chi connectivity index (χ0n) is 11.1. The molecule has 1 aliphatic heterocycles. The van der Waals surface area contributed by atoms with E-state index in [2.05, 4.69) is 10.2 Å². The van der Waals surface area contributed by atoms with E-state index in [1.165, 1.54) is 0 Å². The first-order chi connectivity index (χ1) is 9.08. The molecule has 3 nitrogen and oxygen atoms in total. The molecule has 1 aromatic carbocycles. The summed E-state index contributed by atoms with van der Waals surface area (Å²) in [4.78, 5) is 2.09. The minimum absolute atomic E-state index is 0.162. The van der Waals surface area contributed by atoms with E-state index in [1.807, 2.05) is 6.07 Å². The smallest absolute Gasteiger partial charge is 0.240 e. The molecule has 0 saturated carbocycles. The number of benzene rings is 1. The second kappa shape index (κ2) is 6.30. The molecule has 1 saturated heterocycles. The molecule has 0 radical (unpaired) electrons. The summed E-state index contributed by atoms with van der Waals surface area (Å²) in [6.45, 7) is 5.00. The van der Waals surface area contributed by atoms with E-state index >= 15 is 0 Å². The maximum atomic E-state index is 12.8. The monoisotopic (exact) mass is 270 g/mol. The number of halogens is 2. The van der Waals surface area contributed by atoms with Crippen LogP contribution in [0.5, 0.6) is 5.75 Å². The maximum Gasteiger partial charge on any atom is 0.240 e. The Hall–Kier alpha value is -1.20. The fraction of sp³-hybridized carbons (Fsp3) is 0.571. The molecule has 2 rings (SSSR count). The molecule has 0 unspecified atom stereocenters. The number of rotatable bonds is 4. The van der Waals surface area contributed by atoms with Crippen LogP contribution in [0.4, 0.5) is 8.78 Å². The van der Waals surface area contributed by atoms with Crippen LogP contribution in [0.25, 0.3) is 0 Å². The molecule has 0 bridgehead atoms. The largest absolute Gasteiger partial charge is 0.508 e. The third kappa shape index (κ3) is 3.64. The van der Waals surface area contributed by atoms with E-state index in [9.17, 15) is 13.9 Å². The number of phenolic OH excluding ortho intramolecular Hbond substituents is 1. The lowest BCUT2D eigenvalue weighted by Crippen LogP contribution is -2.45. The number of aromatic hydroxyl groups is 1. The van der Waals surface area contributed by atoms with Crippen molar-refractivity contribution in [1.29, 1.82) is 0 Å². The van der Waals surface area contributed by atoms with Crippen molar-refractivity contribution >= 4 is 0 Å². The van der Waals surface area contributed by atoms with Gasteiger partial charge in [0.1, 0.15) is 5.75 Å². The van der Waals surface area contributed by atoms with Crippen LogP contribution in [0, 0.1) is 6.92 Å². The van der Waals surface area contributed by atoms with Crippen molar-refractivity contribution in [2.45, 2.75) is 25.8 Å². The first-order valence-corrected chi connectivity index (χ1v) is 6.60. The Kier molecular flexibility index (Phi) is 4.71. The summed E-state index contributed by atoms with van der Waals surface area (Å²) >= 11 is 0. The Morgan fingerprint density at radius 3 is 2.58 bits per heavy atom. The molecule has 2 N–H and O–H groups in total. The Balaban J connectivity index is 2.22. The summed E-state index contributed by atoms with van der Waals surface area (Å²) < 4.78 is 25.6. The first kappa shape index (κ1) is 14.2. The number of piperazine rings is 1. The molecule has 0 aliphatic carbocycles. The van der Waals surface area contributed by atoms with E-state index in [0.717, 1.165) is 37.3 Å². The van der Waals surface area contributed by atoms with Gasteiger partial charge in [-0.3, -0.25) is 4.90 Å². The van der Waals surface area contributed by atoms with Crippen molar-refractivity contribution in [3.8, 4) is 5.75 Å². The number of phenols is 1. The normalized spacial score (nSPS) is 18.7. The van der Waals surface area contributed by atoms with Gasteiger partial charge in [0.2, 0.25) is 6.43 Å². The lowest BCUT2D eigenvalue weighted by molar-refractivity contribution is 0.0739. The first-order valence-electron chi connectivity index (χ1n) is 6.60. The second-order valence-electron chi connectivity index (χ2n) is 4.97. The minimum Gasteiger partial charge on any atom is -0.508 e. The van der Waals surface area contributed by atoms with Gasteiger partial charge in [0.25, 0.3) is 0 Å². The van der Waals surface area contributed by atoms with Crippen LogP contribution in [0.1, 0.15) is 23.6 Å². The lowest BCUT2D eigenvalue weighted by atomic mass is 9.99. The number of alkyl halides is 2. The fourth-order valence-corrected chi connectivity index (χ4v) is 2.54. The predicted octanol–water partition coefficient (Wildman–Crippen LogP) is 2.30. The van der Waals surface area contributed by atoms with Crippen molar-refractivity contribution < 1.29 is 13.9 Å². The number of hydrogen-bond donors (Lipinski definition) is 2. The Labute approximate surface area is 112 Å². The third-order valence-corrected chi connectivity index (χ3v) is 3.60. The van der Waals surface area contributed by atoms with Gasteiger partial charge in [-0.2, -0.15) is 0 Å². The third-order valence-electron chi connectivity index (χ3n) is 3.60. The standard InChI is InChI=1S/C14H20F2N2O/c1-10-8-11(2-3-13(10)19)12(9-14(15)16)18-6-4-17-5-7-18/h2-3,8,12,14,17,19H,4-7,9H2,1H3/t12-/m0/s1. The summed E-state index contributed by atoms with van der Waals surface area (Å²) in [5.41, 5.74) is 1.59. The molecule has 1 heterocycles. The Morgan fingerprint density at radius 1 is 1.32 bits per heavy atom. The second-order valence-corrected chi connectivity index (χ2v) is 4.97. The van der Waals surface area contributed by atoms with Gasteiger partial charge in [-0.05, 0) is 24.1 Å². The average Bonchev–Trinajstić information content (AvgIpc) is 2.40. The zero-order chi connectivity index (χ0) is 13.8. The predicted molar refractivity (Wildman–Crippen MR) is 70.6 cm³/mol. The van der Waals surface area contributed by atoms with Gasteiger partial charge in [-0.15, -0.1) is 0 Å². The molecular weight excluding hydrogens is 250 g/mol. The van der Waals surface area contributed by atoms with Crippen molar-refractivity contribution in [3.05, 3.63) is 29.3 Å². The molecule has 1 fully saturated rings. The van der Waals surface area contributed by atoms with Crippen molar-refractivity contribution in [2.24, 2.45) is 0 Å². The summed E-state index contributed by atoms with van der Waals surface area (Å²) in [5, 5.41) is 12.8. The van der Waals surface area contributed by atoms with E-state index < -0.39 is 6.43 Å². The quantitative estimate of drug-likeness (QED) is 0.881. The maximum absolute atomic E-state index is 12.8. The Bertz CT molecular complexity index is 420. The average molecular weight is 270 g/mol. The van der Waals surface area contributed by atoms with E-state index in [1.54, 1.807) is 19.1 Å². The number of nitrogens with zero attached hydrogens (tertiary/aromatic N) is 1. The molecule has 19 heavy (non-hydrogen) atoms. The molecule has 1 aliphatic rings. The molecule has 1 aromatic rings. The van der Waals surface area contributed by atoms with E-state index in [-0.39, 0.29) is 18.2 Å². The highest BCUT2D eigenvalue weighted by molar-refractivity contribution is 5.36. The van der Waals surface area contributed by atoms with Crippen LogP contribution in [0.2, 0.25) is 0 Å². The summed E-state index contributed by atoms with van der Waals surface area (Å²) in [5.74, 6) is 0.208. The molecular formula is C14H20F2N2O. The van der Waals surface area contributed by atoms with Crippen LogP contribution in [-0.2, 0) is 0 Å². The number of hydrogen-bond acceptors (Lipinski definition) is 3. The van der Waals surface area contributed by atoms with E-state index in [4.69, 9.17) is 0 Å². The SMILES string of the molecule is Cc1cc([C@H](CC(F)F)N2CCNCC2)ccc1O. The van der Waals surface area contributed by atoms with Gasteiger partial charge in [0.15, 0.2) is 0 Å². The molecule has 5 heteroatoms. The molecule has 0 spiro atoms. The topological polar surface area (TPSA) is 35.5 Å². The summed E-state index contributed by atoms with van der Waals surface area (Å²) in [7, 11) is 0. The van der Waals surface area contributed by atoms with Gasteiger partial charge in [0, 0.05) is 38.6 Å². The van der Waals surface area contributed by atoms with Crippen molar-refractivity contribution in [3.63, 3.8) is 0 Å². The Morgan fingerprint density at radius 2 is 2.00 bits per heavy atom. The van der Waals surface area contributed by atoms with Gasteiger partial charge in [-0.25, -0.2) is 8.78 Å². The van der Waals surface area contributed by atoms with Crippen LogP contribution >= 0.6 is 0 Å². The fourth-order valence-electron chi connectivity index (χ4n) is 2.54. The minimum atomic E-state index is -2.33. The van der Waals surface area contributed by atoms with Crippen molar-refractivity contribution in [2.75, 3.05) is 26.2 Å². The molecule has 0 aromatic heterocycles. The highest BCUT2D eigenvalue weighted by Gasteiger charge is 2.25. The summed E-state index contributed by atoms with van der Waals surface area (Å²) in [6, 6.07) is 4.87. The van der Waals surface area contributed by atoms with Crippen LogP contribution in [-0.4, -0.2) is 42.6 Å². The zero-order valence-corrected chi connectivity index (χ0v) is 11.1. The van der Waals surface area contributed by atoms with Crippen LogP contribution < -0.4 is 5.32 Å². The summed E-state index contributed by atoms with van der Waals surface area (Å²) in [6.07, 6.45) is -2.49. The van der Waals surface area contributed by atoms with Crippen molar-refractivity contribution in [1.82, 2.24) is 10.2 Å². The lowest BCUT2D eigenvalue weighted by Gasteiger charge is -2.35. The molecule has 106 valence electrons. The molecule has 1 atom stereocenters. The van der Waals surface area contributed by atoms with Gasteiger partial charge < -0.3 is 10.4 Å². The van der Waals surface area contributed by atoms with Gasteiger partial charge in [-0.1, -0.05) is 12.1 Å². The van der Waals surface area contributed by atoms with Gasteiger partial charge in [0.05, 0.1) is 0 Å². The number of aryl methyl sites for hydroxylation is 1. The highest BCUT2D eigenvalue weighted by Crippen LogP contribution is 2.30. The van der Waals surface area contributed by atoms with Crippen LogP contribution in [0.15, 0.2) is 18.2 Å². The number of nitrogens with one attached hydrogen (secondary N) is 1. The molecule has 0 amide bonds. The van der Waals surface area contributed by atoms with Crippen LogP contribution in [0.3, 0.4) is 0 Å². The van der Waals surface area contributed by atoms with Gasteiger partial charge >= 0.3 is 0 Å². The highest BCUT2D eigenvalue weighted by atomic mass is 19.3. The van der Waals surface area contributed by atoms with E-state index in [0.29, 0.717) is 0 Å².